The van der Waals surface area contributed by atoms with Gasteiger partial charge in [-0.3, -0.25) is 9.59 Å². The zero-order valence-electron chi connectivity index (χ0n) is 13.2. The van der Waals surface area contributed by atoms with Crippen LogP contribution >= 0.6 is 0 Å². The first-order valence-electron chi connectivity index (χ1n) is 7.64. The van der Waals surface area contributed by atoms with E-state index in [4.69, 9.17) is 0 Å². The maximum Gasteiger partial charge on any atom is 0.250 e. The number of carbonyl (C=O) groups is 1. The van der Waals surface area contributed by atoms with Crippen LogP contribution in [0.25, 0.3) is 0 Å². The Labute approximate surface area is 126 Å². The number of amides is 1. The highest BCUT2D eigenvalue weighted by Gasteiger charge is 2.21. The monoisotopic (exact) mass is 291 g/mol. The zero-order valence-corrected chi connectivity index (χ0v) is 13.2. The molecule has 2 rings (SSSR count). The first-order chi connectivity index (χ1) is 10.0. The van der Waals surface area contributed by atoms with E-state index in [0.29, 0.717) is 25.4 Å². The standard InChI is InChI=1S/C16H25N3O2/c1-17-13-6-4-7-14-12(13)9-10-16(21)19(14)11-5-8-15(20)18(2)3/h9-10,13,17H,4-8,11H2,1-3H3. The largest absolute Gasteiger partial charge is 0.349 e. The van der Waals surface area contributed by atoms with Crippen LogP contribution in [-0.4, -0.2) is 36.5 Å². The molecule has 0 aliphatic heterocycles. The second-order valence-corrected chi connectivity index (χ2v) is 5.85. The van der Waals surface area contributed by atoms with Gasteiger partial charge in [-0.1, -0.05) is 6.07 Å². The number of fused-ring (bicyclic) bond motifs is 1. The summed E-state index contributed by atoms with van der Waals surface area (Å²) in [4.78, 5) is 25.4. The van der Waals surface area contributed by atoms with Gasteiger partial charge in [-0.05, 0) is 38.3 Å². The van der Waals surface area contributed by atoms with Crippen LogP contribution in [0.3, 0.4) is 0 Å². The topological polar surface area (TPSA) is 54.3 Å². The average molecular weight is 291 g/mol. The highest BCUT2D eigenvalue weighted by Crippen LogP contribution is 2.28. The van der Waals surface area contributed by atoms with Crippen molar-refractivity contribution in [3.05, 3.63) is 33.7 Å². The molecule has 1 unspecified atom stereocenters. The normalized spacial score (nSPS) is 17.4. The molecule has 0 fully saturated rings. The summed E-state index contributed by atoms with van der Waals surface area (Å²) in [5.74, 6) is 0.112. The SMILES string of the molecule is CNC1CCCc2c1ccc(=O)n2CCCC(=O)N(C)C. The summed E-state index contributed by atoms with van der Waals surface area (Å²) < 4.78 is 1.86. The van der Waals surface area contributed by atoms with Gasteiger partial charge in [0.05, 0.1) is 0 Å². The number of hydrogen-bond donors (Lipinski definition) is 1. The van der Waals surface area contributed by atoms with E-state index in [1.165, 1.54) is 5.56 Å². The fraction of sp³-hybridized carbons (Fsp3) is 0.625. The Kier molecular flexibility index (Phi) is 5.17. The number of nitrogens with one attached hydrogen (secondary N) is 1. The van der Waals surface area contributed by atoms with Gasteiger partial charge in [-0.15, -0.1) is 0 Å². The number of hydrogen-bond acceptors (Lipinski definition) is 3. The smallest absolute Gasteiger partial charge is 0.250 e. The molecular weight excluding hydrogens is 266 g/mol. The lowest BCUT2D eigenvalue weighted by atomic mass is 9.91. The van der Waals surface area contributed by atoms with Gasteiger partial charge >= 0.3 is 0 Å². The highest BCUT2D eigenvalue weighted by atomic mass is 16.2. The van der Waals surface area contributed by atoms with Crippen molar-refractivity contribution >= 4 is 5.91 Å². The van der Waals surface area contributed by atoms with Crippen LogP contribution in [0.5, 0.6) is 0 Å². The lowest BCUT2D eigenvalue weighted by Gasteiger charge is -2.27. The molecule has 5 nitrogen and oxygen atoms in total. The van der Waals surface area contributed by atoms with Crippen LogP contribution in [0.1, 0.15) is 43.0 Å². The van der Waals surface area contributed by atoms with Gasteiger partial charge < -0.3 is 14.8 Å². The Bertz CT molecular complexity index is 563. The van der Waals surface area contributed by atoms with E-state index < -0.39 is 0 Å². The van der Waals surface area contributed by atoms with E-state index in [-0.39, 0.29) is 11.5 Å². The second kappa shape index (κ2) is 6.89. The third-order valence-electron chi connectivity index (χ3n) is 4.23. The fourth-order valence-corrected chi connectivity index (χ4v) is 3.02. The number of pyridine rings is 1. The Hall–Kier alpha value is -1.62. The fourth-order valence-electron chi connectivity index (χ4n) is 3.02. The van der Waals surface area contributed by atoms with Gasteiger partial charge in [0, 0.05) is 44.9 Å². The summed E-state index contributed by atoms with van der Waals surface area (Å²) in [6.07, 6.45) is 4.35. The van der Waals surface area contributed by atoms with Crippen molar-refractivity contribution in [1.29, 1.82) is 0 Å². The summed E-state index contributed by atoms with van der Waals surface area (Å²) in [6.45, 7) is 0.623. The number of rotatable bonds is 5. The minimum Gasteiger partial charge on any atom is -0.349 e. The highest BCUT2D eigenvalue weighted by molar-refractivity contribution is 5.75. The van der Waals surface area contributed by atoms with Crippen molar-refractivity contribution in [2.24, 2.45) is 0 Å². The van der Waals surface area contributed by atoms with Crippen molar-refractivity contribution in [3.8, 4) is 0 Å². The number of nitrogens with zero attached hydrogens (tertiary/aromatic N) is 2. The van der Waals surface area contributed by atoms with E-state index in [1.807, 2.05) is 17.7 Å². The van der Waals surface area contributed by atoms with Gasteiger partial charge in [-0.25, -0.2) is 0 Å². The molecule has 1 aromatic heterocycles. The van der Waals surface area contributed by atoms with E-state index in [0.717, 1.165) is 25.0 Å². The molecule has 5 heteroatoms. The van der Waals surface area contributed by atoms with Crippen LogP contribution in [0.4, 0.5) is 0 Å². The Balaban J connectivity index is 2.16. The van der Waals surface area contributed by atoms with Crippen molar-refractivity contribution in [1.82, 2.24) is 14.8 Å². The van der Waals surface area contributed by atoms with Crippen LogP contribution < -0.4 is 10.9 Å². The molecule has 0 saturated carbocycles. The molecule has 1 atom stereocenters. The minimum absolute atomic E-state index is 0.0443. The van der Waals surface area contributed by atoms with Gasteiger partial charge in [-0.2, -0.15) is 0 Å². The van der Waals surface area contributed by atoms with E-state index in [2.05, 4.69) is 5.32 Å². The molecule has 0 spiro atoms. The molecule has 0 saturated heterocycles. The molecule has 21 heavy (non-hydrogen) atoms. The van der Waals surface area contributed by atoms with Crippen LogP contribution in [0.15, 0.2) is 16.9 Å². The first-order valence-corrected chi connectivity index (χ1v) is 7.64. The van der Waals surface area contributed by atoms with Crippen molar-refractivity contribution in [2.75, 3.05) is 21.1 Å². The third kappa shape index (κ3) is 3.53. The molecule has 1 aliphatic rings. The van der Waals surface area contributed by atoms with E-state index >= 15 is 0 Å². The Morgan fingerprint density at radius 1 is 1.43 bits per heavy atom. The van der Waals surface area contributed by atoms with E-state index in [1.54, 1.807) is 25.1 Å². The zero-order chi connectivity index (χ0) is 15.4. The summed E-state index contributed by atoms with van der Waals surface area (Å²) in [5.41, 5.74) is 2.43. The first kappa shape index (κ1) is 15.8. The summed E-state index contributed by atoms with van der Waals surface area (Å²) in [6, 6.07) is 3.95. The summed E-state index contributed by atoms with van der Waals surface area (Å²) in [5, 5.41) is 3.32. The Morgan fingerprint density at radius 2 is 2.19 bits per heavy atom. The van der Waals surface area contributed by atoms with Crippen LogP contribution in [0.2, 0.25) is 0 Å². The van der Waals surface area contributed by atoms with Gasteiger partial charge in [0.2, 0.25) is 5.91 Å². The van der Waals surface area contributed by atoms with Crippen molar-refractivity contribution < 1.29 is 4.79 Å². The molecule has 1 aliphatic carbocycles. The van der Waals surface area contributed by atoms with Crippen LogP contribution in [-0.2, 0) is 17.8 Å². The predicted octanol–water partition coefficient (Wildman–Crippen LogP) is 1.31. The molecule has 1 heterocycles. The lowest BCUT2D eigenvalue weighted by molar-refractivity contribution is -0.128. The molecule has 1 aromatic rings. The third-order valence-corrected chi connectivity index (χ3v) is 4.23. The molecular formula is C16H25N3O2. The second-order valence-electron chi connectivity index (χ2n) is 5.85. The maximum atomic E-state index is 12.1. The molecule has 1 amide bonds. The summed E-state index contributed by atoms with van der Waals surface area (Å²) >= 11 is 0. The van der Waals surface area contributed by atoms with Crippen molar-refractivity contribution in [2.45, 2.75) is 44.7 Å². The molecule has 1 N–H and O–H groups in total. The quantitative estimate of drug-likeness (QED) is 0.890. The lowest BCUT2D eigenvalue weighted by Crippen LogP contribution is -2.31. The van der Waals surface area contributed by atoms with Gasteiger partial charge in [0.25, 0.3) is 5.56 Å². The predicted molar refractivity (Wildman–Crippen MR) is 83.4 cm³/mol. The van der Waals surface area contributed by atoms with Gasteiger partial charge in [0.1, 0.15) is 0 Å². The molecule has 0 bridgehead atoms. The molecule has 0 aromatic carbocycles. The molecule has 116 valence electrons. The van der Waals surface area contributed by atoms with Crippen molar-refractivity contribution in [3.63, 3.8) is 0 Å². The van der Waals surface area contributed by atoms with Crippen LogP contribution in [0, 0.1) is 0 Å². The number of aromatic nitrogens is 1. The maximum absolute atomic E-state index is 12.1. The summed E-state index contributed by atoms with van der Waals surface area (Å²) in [7, 11) is 5.48. The van der Waals surface area contributed by atoms with Gasteiger partial charge in [0.15, 0.2) is 0 Å². The minimum atomic E-state index is 0.0443. The molecule has 0 radical (unpaired) electrons. The Morgan fingerprint density at radius 3 is 2.86 bits per heavy atom. The number of carbonyl (C=O) groups excluding carboxylic acids is 1. The average Bonchev–Trinajstić information content (AvgIpc) is 2.48. The van der Waals surface area contributed by atoms with E-state index in [9.17, 15) is 9.59 Å².